The monoisotopic (exact) mass is 418 g/mol. The summed E-state index contributed by atoms with van der Waals surface area (Å²) in [7, 11) is 4.19. The number of hydrogen-bond donors (Lipinski definition) is 0. The molecule has 0 N–H and O–H groups in total. The molecule has 0 aliphatic carbocycles. The van der Waals surface area contributed by atoms with Crippen molar-refractivity contribution in [1.82, 2.24) is 14.7 Å². The number of hydrogen-bond acceptors (Lipinski definition) is 5. The van der Waals surface area contributed by atoms with Crippen LogP contribution < -0.4 is 4.90 Å². The standard InChI is InChI=1S/C22H31FN4OS/c1-24(2)18-7-9-27(15-18)22(28)4-3-8-25-10-12-26(13-11-25)20-16-29-21-14-17(23)5-6-19(20)21/h5-6,14,16,18H,3-4,7-13,15H2,1-2H3. The second-order valence-electron chi connectivity index (χ2n) is 8.44. The first-order chi connectivity index (χ1) is 14.0. The summed E-state index contributed by atoms with van der Waals surface area (Å²) in [6.07, 6.45) is 2.67. The maximum absolute atomic E-state index is 13.4. The molecule has 1 aromatic carbocycles. The molecule has 2 aliphatic heterocycles. The highest BCUT2D eigenvalue weighted by molar-refractivity contribution is 7.17. The fourth-order valence-corrected chi connectivity index (χ4v) is 5.44. The number of likely N-dealkylation sites (tertiary alicyclic amines) is 1. The largest absolute Gasteiger partial charge is 0.368 e. The van der Waals surface area contributed by atoms with Gasteiger partial charge in [0.1, 0.15) is 5.82 Å². The van der Waals surface area contributed by atoms with Gasteiger partial charge in [0.15, 0.2) is 0 Å². The summed E-state index contributed by atoms with van der Waals surface area (Å²) in [5.41, 5.74) is 1.23. The molecule has 1 unspecified atom stereocenters. The topological polar surface area (TPSA) is 30.0 Å². The van der Waals surface area contributed by atoms with Crippen LogP contribution in [0.15, 0.2) is 23.6 Å². The van der Waals surface area contributed by atoms with Crippen LogP contribution in [0, 0.1) is 5.82 Å². The molecular formula is C22H31FN4OS. The minimum absolute atomic E-state index is 0.170. The number of thiophene rings is 1. The molecule has 158 valence electrons. The zero-order valence-electron chi connectivity index (χ0n) is 17.4. The molecule has 2 saturated heterocycles. The second-order valence-corrected chi connectivity index (χ2v) is 9.35. The van der Waals surface area contributed by atoms with Gasteiger partial charge in [0.2, 0.25) is 5.91 Å². The summed E-state index contributed by atoms with van der Waals surface area (Å²) in [5.74, 6) is 0.140. The van der Waals surface area contributed by atoms with Crippen molar-refractivity contribution in [2.24, 2.45) is 0 Å². The average molecular weight is 419 g/mol. The molecule has 2 aliphatic rings. The van der Waals surface area contributed by atoms with Gasteiger partial charge in [-0.2, -0.15) is 0 Å². The molecule has 29 heavy (non-hydrogen) atoms. The quantitative estimate of drug-likeness (QED) is 0.721. The number of likely N-dealkylation sites (N-methyl/N-ethyl adjacent to an activating group) is 1. The first kappa shape index (κ1) is 20.6. The molecule has 0 radical (unpaired) electrons. The van der Waals surface area contributed by atoms with Crippen LogP contribution in [0.1, 0.15) is 19.3 Å². The third-order valence-electron chi connectivity index (χ3n) is 6.34. The average Bonchev–Trinajstić information content (AvgIpc) is 3.36. The molecule has 2 aromatic rings. The van der Waals surface area contributed by atoms with Gasteiger partial charge in [-0.15, -0.1) is 11.3 Å². The van der Waals surface area contributed by atoms with Gasteiger partial charge in [0, 0.05) is 67.2 Å². The number of nitrogens with zero attached hydrogens (tertiary/aromatic N) is 4. The van der Waals surface area contributed by atoms with Gasteiger partial charge in [-0.1, -0.05) is 0 Å². The fraction of sp³-hybridized carbons (Fsp3) is 0.591. The van der Waals surface area contributed by atoms with Gasteiger partial charge in [-0.3, -0.25) is 9.69 Å². The summed E-state index contributed by atoms with van der Waals surface area (Å²) in [4.78, 5) is 21.6. The highest BCUT2D eigenvalue weighted by Crippen LogP contribution is 2.34. The van der Waals surface area contributed by atoms with E-state index in [1.165, 1.54) is 5.69 Å². The Balaban J connectivity index is 1.21. The van der Waals surface area contributed by atoms with E-state index in [1.54, 1.807) is 23.5 Å². The summed E-state index contributed by atoms with van der Waals surface area (Å²) in [6.45, 7) is 6.75. The Morgan fingerprint density at radius 1 is 1.21 bits per heavy atom. The fourth-order valence-electron chi connectivity index (χ4n) is 4.45. The third kappa shape index (κ3) is 4.73. The van der Waals surface area contributed by atoms with E-state index in [2.05, 4.69) is 34.2 Å². The molecule has 0 saturated carbocycles. The van der Waals surface area contributed by atoms with E-state index in [9.17, 15) is 9.18 Å². The lowest BCUT2D eigenvalue weighted by atomic mass is 10.2. The molecule has 0 bridgehead atoms. The Labute approximate surface area is 176 Å². The van der Waals surface area contributed by atoms with E-state index >= 15 is 0 Å². The van der Waals surface area contributed by atoms with E-state index in [-0.39, 0.29) is 5.82 Å². The molecule has 2 fully saturated rings. The molecule has 1 amide bonds. The van der Waals surface area contributed by atoms with E-state index < -0.39 is 0 Å². The smallest absolute Gasteiger partial charge is 0.222 e. The van der Waals surface area contributed by atoms with Crippen molar-refractivity contribution in [2.75, 3.05) is 64.8 Å². The SMILES string of the molecule is CN(C)C1CCN(C(=O)CCCN2CCN(c3csc4cc(F)ccc34)CC2)C1. The van der Waals surface area contributed by atoms with Gasteiger partial charge in [0.05, 0.1) is 5.69 Å². The zero-order valence-corrected chi connectivity index (χ0v) is 18.3. The maximum Gasteiger partial charge on any atom is 0.222 e. The van der Waals surface area contributed by atoms with Crippen molar-refractivity contribution in [1.29, 1.82) is 0 Å². The highest BCUT2D eigenvalue weighted by Gasteiger charge is 2.27. The number of amides is 1. The van der Waals surface area contributed by atoms with Crippen LogP contribution in [0.3, 0.4) is 0 Å². The van der Waals surface area contributed by atoms with Crippen LogP contribution in [0.5, 0.6) is 0 Å². The normalized spacial score (nSPS) is 20.9. The third-order valence-corrected chi connectivity index (χ3v) is 7.27. The zero-order chi connectivity index (χ0) is 20.4. The van der Waals surface area contributed by atoms with Crippen molar-refractivity contribution in [3.63, 3.8) is 0 Å². The van der Waals surface area contributed by atoms with Crippen molar-refractivity contribution >= 4 is 33.0 Å². The number of fused-ring (bicyclic) bond motifs is 1. The number of carbonyl (C=O) groups excluding carboxylic acids is 1. The van der Waals surface area contributed by atoms with Gasteiger partial charge in [-0.05, 0) is 51.7 Å². The Hall–Kier alpha value is -1.70. The lowest BCUT2D eigenvalue weighted by Gasteiger charge is -2.36. The summed E-state index contributed by atoms with van der Waals surface area (Å²) >= 11 is 1.61. The first-order valence-electron chi connectivity index (χ1n) is 10.6. The molecule has 7 heteroatoms. The Kier molecular flexibility index (Phi) is 6.37. The van der Waals surface area contributed by atoms with Crippen LogP contribution in [0.2, 0.25) is 0 Å². The van der Waals surface area contributed by atoms with Crippen molar-refractivity contribution < 1.29 is 9.18 Å². The predicted octanol–water partition coefficient (Wildman–Crippen LogP) is 3.11. The minimum atomic E-state index is -0.170. The van der Waals surface area contributed by atoms with Crippen LogP contribution in [0.25, 0.3) is 10.1 Å². The van der Waals surface area contributed by atoms with Gasteiger partial charge >= 0.3 is 0 Å². The maximum atomic E-state index is 13.4. The minimum Gasteiger partial charge on any atom is -0.368 e. The van der Waals surface area contributed by atoms with E-state index in [1.807, 2.05) is 11.0 Å². The Morgan fingerprint density at radius 2 is 2.00 bits per heavy atom. The highest BCUT2D eigenvalue weighted by atomic mass is 32.1. The van der Waals surface area contributed by atoms with Gasteiger partial charge in [0.25, 0.3) is 0 Å². The number of anilines is 1. The Bertz CT molecular complexity index is 846. The second kappa shape index (κ2) is 8.98. The molecule has 1 aromatic heterocycles. The van der Waals surface area contributed by atoms with Crippen LogP contribution in [0.4, 0.5) is 10.1 Å². The van der Waals surface area contributed by atoms with Crippen LogP contribution in [-0.4, -0.2) is 86.6 Å². The number of rotatable bonds is 6. The summed E-state index contributed by atoms with van der Waals surface area (Å²) in [5, 5.41) is 3.30. The number of carbonyl (C=O) groups is 1. The molecular weight excluding hydrogens is 387 g/mol. The van der Waals surface area contributed by atoms with E-state index in [0.717, 1.165) is 68.7 Å². The van der Waals surface area contributed by atoms with Crippen LogP contribution >= 0.6 is 11.3 Å². The molecule has 0 spiro atoms. The van der Waals surface area contributed by atoms with E-state index in [0.29, 0.717) is 18.4 Å². The number of piperazine rings is 1. The number of halogens is 1. The molecule has 1 atom stereocenters. The van der Waals surface area contributed by atoms with Crippen molar-refractivity contribution in [2.45, 2.75) is 25.3 Å². The lowest BCUT2D eigenvalue weighted by molar-refractivity contribution is -0.130. The molecule has 4 rings (SSSR count). The van der Waals surface area contributed by atoms with E-state index in [4.69, 9.17) is 0 Å². The number of benzene rings is 1. The van der Waals surface area contributed by atoms with Crippen LogP contribution in [-0.2, 0) is 4.79 Å². The lowest BCUT2D eigenvalue weighted by Crippen LogP contribution is -2.46. The van der Waals surface area contributed by atoms with Crippen molar-refractivity contribution in [3.8, 4) is 0 Å². The van der Waals surface area contributed by atoms with Crippen molar-refractivity contribution in [3.05, 3.63) is 29.4 Å². The predicted molar refractivity (Wildman–Crippen MR) is 118 cm³/mol. The first-order valence-corrected chi connectivity index (χ1v) is 11.5. The molecule has 3 heterocycles. The Morgan fingerprint density at radius 3 is 2.72 bits per heavy atom. The summed E-state index contributed by atoms with van der Waals surface area (Å²) < 4.78 is 14.4. The van der Waals surface area contributed by atoms with Gasteiger partial charge in [-0.25, -0.2) is 4.39 Å². The summed E-state index contributed by atoms with van der Waals surface area (Å²) in [6, 6.07) is 5.58. The molecule has 5 nitrogen and oxygen atoms in total. The van der Waals surface area contributed by atoms with Gasteiger partial charge < -0.3 is 14.7 Å².